The summed E-state index contributed by atoms with van der Waals surface area (Å²) in [5.41, 5.74) is 1.77. The van der Waals surface area contributed by atoms with Crippen molar-refractivity contribution in [2.24, 2.45) is 11.8 Å². The number of piperazine rings is 1. The molecular formula is C26H31F3N4O4. The van der Waals surface area contributed by atoms with Crippen LogP contribution >= 0.6 is 0 Å². The lowest BCUT2D eigenvalue weighted by atomic mass is 9.88. The summed E-state index contributed by atoms with van der Waals surface area (Å²) in [7, 11) is 0. The van der Waals surface area contributed by atoms with Crippen LogP contribution in [-0.2, 0) is 33.4 Å². The van der Waals surface area contributed by atoms with E-state index in [1.165, 1.54) is 0 Å². The van der Waals surface area contributed by atoms with Gasteiger partial charge in [-0.25, -0.2) is 4.98 Å². The Bertz CT molecular complexity index is 1150. The number of aromatic nitrogens is 1. The van der Waals surface area contributed by atoms with Crippen LogP contribution in [0.3, 0.4) is 0 Å². The summed E-state index contributed by atoms with van der Waals surface area (Å²) in [6.07, 6.45) is -2.82. The highest BCUT2D eigenvalue weighted by atomic mass is 19.4. The van der Waals surface area contributed by atoms with E-state index in [1.54, 1.807) is 13.8 Å². The smallest absolute Gasteiger partial charge is 0.441 e. The molecule has 2 aromatic rings. The molecule has 0 unspecified atom stereocenters. The fraction of sp³-hybridized carbons (Fsp3) is 0.538. The summed E-state index contributed by atoms with van der Waals surface area (Å²) in [6, 6.07) is 3.80. The maximum atomic E-state index is 14.1. The van der Waals surface area contributed by atoms with Crippen LogP contribution in [0.4, 0.5) is 13.2 Å². The highest BCUT2D eigenvalue weighted by Gasteiger charge is 2.50. The van der Waals surface area contributed by atoms with Gasteiger partial charge in [0.25, 0.3) is 0 Å². The molecular weight excluding hydrogens is 489 g/mol. The van der Waals surface area contributed by atoms with Gasteiger partial charge in [0.2, 0.25) is 17.7 Å². The zero-order valence-corrected chi connectivity index (χ0v) is 21.1. The minimum atomic E-state index is -4.88. The molecule has 1 aromatic carbocycles. The van der Waals surface area contributed by atoms with Gasteiger partial charge in [-0.3, -0.25) is 14.4 Å². The van der Waals surface area contributed by atoms with E-state index < -0.39 is 47.9 Å². The van der Waals surface area contributed by atoms with E-state index in [0.717, 1.165) is 22.3 Å². The number of halogens is 3. The Morgan fingerprint density at radius 3 is 2.30 bits per heavy atom. The van der Waals surface area contributed by atoms with Crippen LogP contribution in [0.2, 0.25) is 0 Å². The molecule has 1 fully saturated rings. The first-order valence-electron chi connectivity index (χ1n) is 12.4. The average molecular weight is 521 g/mol. The van der Waals surface area contributed by atoms with Crippen LogP contribution in [-0.4, -0.2) is 45.7 Å². The van der Waals surface area contributed by atoms with Crippen LogP contribution in [0.1, 0.15) is 62.9 Å². The van der Waals surface area contributed by atoms with Crippen molar-refractivity contribution < 1.29 is 32.0 Å². The lowest BCUT2D eigenvalue weighted by Crippen LogP contribution is -2.67. The van der Waals surface area contributed by atoms with E-state index in [2.05, 4.69) is 20.0 Å². The second-order valence-corrected chi connectivity index (χ2v) is 10.5. The number of nitrogens with zero attached hydrogens (tertiary/aromatic N) is 2. The second kappa shape index (κ2) is 10.2. The summed E-state index contributed by atoms with van der Waals surface area (Å²) >= 11 is 0. The van der Waals surface area contributed by atoms with Gasteiger partial charge in [0.15, 0.2) is 6.04 Å². The van der Waals surface area contributed by atoms with E-state index in [-0.39, 0.29) is 30.0 Å². The SMILES string of the molecule is CC(C)C[C@@H]1C(=O)N[C@H](C2Cc3ccccc3C2)C(=O)N1[C@@H](C(=O)NC(C)C)c1coc(C(F)(F)F)n1. The van der Waals surface area contributed by atoms with Gasteiger partial charge in [0.05, 0.1) is 0 Å². The van der Waals surface area contributed by atoms with Gasteiger partial charge in [-0.05, 0) is 56.1 Å². The van der Waals surface area contributed by atoms with Gasteiger partial charge in [-0.2, -0.15) is 13.2 Å². The van der Waals surface area contributed by atoms with E-state index in [0.29, 0.717) is 12.8 Å². The molecule has 200 valence electrons. The summed E-state index contributed by atoms with van der Waals surface area (Å²) in [6.45, 7) is 7.09. The quantitative estimate of drug-likeness (QED) is 0.582. The standard InChI is InChI=1S/C26H31F3N4O4/c1-13(2)9-19-22(34)32-20(17-10-15-7-5-6-8-16(15)11-17)24(36)33(19)21(23(35)30-14(3)4)18-12-37-25(31-18)26(27,28)29/h5-8,12-14,17,19-21H,9-11H2,1-4H3,(H,30,35)(H,32,34)/t19-,20-,21-/m1/s1. The third-order valence-electron chi connectivity index (χ3n) is 6.71. The monoisotopic (exact) mass is 520 g/mol. The number of carbonyl (C=O) groups is 3. The zero-order valence-electron chi connectivity index (χ0n) is 21.1. The molecule has 3 amide bonds. The number of nitrogens with one attached hydrogen (secondary N) is 2. The maximum absolute atomic E-state index is 14.1. The van der Waals surface area contributed by atoms with Crippen molar-refractivity contribution in [3.8, 4) is 0 Å². The first kappa shape index (κ1) is 26.7. The lowest BCUT2D eigenvalue weighted by Gasteiger charge is -2.44. The maximum Gasteiger partial charge on any atom is 0.468 e. The molecule has 2 heterocycles. The Balaban J connectivity index is 1.76. The molecule has 3 atom stereocenters. The number of fused-ring (bicyclic) bond motifs is 1. The van der Waals surface area contributed by atoms with Gasteiger partial charge in [-0.1, -0.05) is 38.1 Å². The highest BCUT2D eigenvalue weighted by molar-refractivity contribution is 6.00. The summed E-state index contributed by atoms with van der Waals surface area (Å²) in [5.74, 6) is -3.53. The van der Waals surface area contributed by atoms with Crippen molar-refractivity contribution in [2.45, 2.75) is 77.3 Å². The van der Waals surface area contributed by atoms with Gasteiger partial charge in [0, 0.05) is 6.04 Å². The Hall–Kier alpha value is -3.37. The zero-order chi connectivity index (χ0) is 27.1. The number of rotatable bonds is 7. The van der Waals surface area contributed by atoms with Gasteiger partial charge < -0.3 is 20.0 Å². The van der Waals surface area contributed by atoms with Crippen LogP contribution < -0.4 is 10.6 Å². The van der Waals surface area contributed by atoms with E-state index in [1.807, 2.05) is 38.1 Å². The second-order valence-electron chi connectivity index (χ2n) is 10.5. The molecule has 11 heteroatoms. The molecule has 1 aromatic heterocycles. The van der Waals surface area contributed by atoms with Gasteiger partial charge in [0.1, 0.15) is 24.0 Å². The van der Waals surface area contributed by atoms with E-state index in [9.17, 15) is 27.6 Å². The molecule has 0 saturated carbocycles. The molecule has 4 rings (SSSR count). The average Bonchev–Trinajstić information content (AvgIpc) is 3.44. The molecule has 1 aliphatic carbocycles. The number of alkyl halides is 3. The number of amides is 3. The molecule has 2 aliphatic rings. The summed E-state index contributed by atoms with van der Waals surface area (Å²) in [4.78, 5) is 45.5. The van der Waals surface area contributed by atoms with Crippen molar-refractivity contribution in [2.75, 3.05) is 0 Å². The van der Waals surface area contributed by atoms with Crippen molar-refractivity contribution in [3.05, 3.63) is 53.2 Å². The molecule has 8 nitrogen and oxygen atoms in total. The summed E-state index contributed by atoms with van der Waals surface area (Å²) < 4.78 is 44.5. The predicted octanol–water partition coefficient (Wildman–Crippen LogP) is 3.42. The number of hydrogen-bond donors (Lipinski definition) is 2. The van der Waals surface area contributed by atoms with Crippen LogP contribution in [0, 0.1) is 11.8 Å². The van der Waals surface area contributed by atoms with Gasteiger partial charge in [-0.15, -0.1) is 0 Å². The Kier molecular flexibility index (Phi) is 7.34. The fourth-order valence-corrected chi connectivity index (χ4v) is 5.18. The molecule has 0 bridgehead atoms. The Labute approximate surface area is 213 Å². The van der Waals surface area contributed by atoms with Crippen molar-refractivity contribution in [3.63, 3.8) is 0 Å². The third-order valence-corrected chi connectivity index (χ3v) is 6.71. The molecule has 1 saturated heterocycles. The number of oxazole rings is 1. The van der Waals surface area contributed by atoms with Crippen LogP contribution in [0.5, 0.6) is 0 Å². The van der Waals surface area contributed by atoms with Crippen molar-refractivity contribution in [1.82, 2.24) is 20.5 Å². The first-order valence-corrected chi connectivity index (χ1v) is 12.4. The first-order chi connectivity index (χ1) is 17.4. The highest BCUT2D eigenvalue weighted by Crippen LogP contribution is 2.36. The largest absolute Gasteiger partial charge is 0.468 e. The van der Waals surface area contributed by atoms with Crippen LogP contribution in [0.15, 0.2) is 34.9 Å². The van der Waals surface area contributed by atoms with Crippen molar-refractivity contribution in [1.29, 1.82) is 0 Å². The third kappa shape index (κ3) is 5.50. The van der Waals surface area contributed by atoms with Gasteiger partial charge >= 0.3 is 12.1 Å². The minimum Gasteiger partial charge on any atom is -0.441 e. The predicted molar refractivity (Wildman–Crippen MR) is 127 cm³/mol. The number of hydrogen-bond acceptors (Lipinski definition) is 5. The van der Waals surface area contributed by atoms with E-state index >= 15 is 0 Å². The molecule has 0 spiro atoms. The number of benzene rings is 1. The molecule has 1 aliphatic heterocycles. The number of carbonyl (C=O) groups excluding carboxylic acids is 3. The Morgan fingerprint density at radius 1 is 1.16 bits per heavy atom. The summed E-state index contributed by atoms with van der Waals surface area (Å²) in [5, 5.41) is 5.53. The fourth-order valence-electron chi connectivity index (χ4n) is 5.18. The topological polar surface area (TPSA) is 105 Å². The minimum absolute atomic E-state index is 0.0461. The normalized spacial score (nSPS) is 21.4. The van der Waals surface area contributed by atoms with Crippen LogP contribution in [0.25, 0.3) is 0 Å². The molecule has 2 N–H and O–H groups in total. The lowest BCUT2D eigenvalue weighted by molar-refractivity contribution is -0.158. The molecule has 0 radical (unpaired) electrons. The van der Waals surface area contributed by atoms with E-state index in [4.69, 9.17) is 0 Å². The van der Waals surface area contributed by atoms with Crippen molar-refractivity contribution >= 4 is 17.7 Å². The Morgan fingerprint density at radius 2 is 1.78 bits per heavy atom. The molecule has 37 heavy (non-hydrogen) atoms.